The van der Waals surface area contributed by atoms with Gasteiger partial charge in [-0.1, -0.05) is 11.6 Å². The van der Waals surface area contributed by atoms with E-state index < -0.39 is 0 Å². The molecule has 14 heavy (non-hydrogen) atoms. The Hall–Kier alpha value is -0.510. The van der Waals surface area contributed by atoms with Gasteiger partial charge in [0, 0.05) is 21.2 Å². The maximum absolute atomic E-state index is 5.91. The number of thiophene rings is 1. The molecule has 1 aromatic heterocycles. The van der Waals surface area contributed by atoms with E-state index in [-0.39, 0.29) is 0 Å². The van der Waals surface area contributed by atoms with Crippen molar-refractivity contribution >= 4 is 44.6 Å². The number of hydrogen-bond donors (Lipinski definition) is 1. The van der Waals surface area contributed by atoms with Crippen LogP contribution >= 0.6 is 38.9 Å². The van der Waals surface area contributed by atoms with Crippen molar-refractivity contribution in [1.29, 1.82) is 0 Å². The first-order valence-electron chi connectivity index (χ1n) is 3.97. The van der Waals surface area contributed by atoms with Crippen LogP contribution in [0.5, 0.6) is 0 Å². The summed E-state index contributed by atoms with van der Waals surface area (Å²) >= 11 is 11.0. The van der Waals surface area contributed by atoms with E-state index in [4.69, 9.17) is 17.3 Å². The van der Waals surface area contributed by atoms with Crippen molar-refractivity contribution in [3.05, 3.63) is 39.1 Å². The molecule has 0 radical (unpaired) electrons. The molecule has 0 bridgehead atoms. The molecule has 1 heterocycles. The minimum Gasteiger partial charge on any atom is -0.398 e. The van der Waals surface area contributed by atoms with Gasteiger partial charge < -0.3 is 5.73 Å². The quantitative estimate of drug-likeness (QED) is 0.773. The predicted octanol–water partition coefficient (Wildman–Crippen LogP) is 4.41. The monoisotopic (exact) mass is 287 g/mol. The van der Waals surface area contributed by atoms with Crippen LogP contribution < -0.4 is 5.73 Å². The Morgan fingerprint density at radius 3 is 2.64 bits per heavy atom. The fourth-order valence-electron chi connectivity index (χ4n) is 1.20. The Bertz CT molecular complexity index is 467. The molecule has 0 spiro atoms. The van der Waals surface area contributed by atoms with Crippen LogP contribution in [0.25, 0.3) is 10.4 Å². The van der Waals surface area contributed by atoms with Gasteiger partial charge in [-0.15, -0.1) is 11.3 Å². The van der Waals surface area contributed by atoms with Crippen LogP contribution in [-0.2, 0) is 0 Å². The van der Waals surface area contributed by atoms with Crippen molar-refractivity contribution in [3.8, 4) is 10.4 Å². The van der Waals surface area contributed by atoms with Crippen LogP contribution in [0.15, 0.2) is 34.1 Å². The molecule has 0 saturated carbocycles. The summed E-state index contributed by atoms with van der Waals surface area (Å²) in [6.07, 6.45) is 0. The minimum atomic E-state index is 0.707. The SMILES string of the molecule is Nc1ccc(Cl)cc1-c1ccc(Br)s1. The van der Waals surface area contributed by atoms with E-state index in [2.05, 4.69) is 15.9 Å². The number of halogens is 2. The van der Waals surface area contributed by atoms with E-state index in [1.54, 1.807) is 17.4 Å². The molecule has 0 aliphatic heterocycles. The average molecular weight is 289 g/mol. The predicted molar refractivity (Wildman–Crippen MR) is 66.9 cm³/mol. The molecule has 2 aromatic rings. The number of anilines is 1. The van der Waals surface area contributed by atoms with Crippen LogP contribution in [0.3, 0.4) is 0 Å². The van der Waals surface area contributed by atoms with Gasteiger partial charge in [-0.05, 0) is 46.3 Å². The molecule has 1 nitrogen and oxygen atoms in total. The maximum atomic E-state index is 5.91. The van der Waals surface area contributed by atoms with Crippen molar-refractivity contribution in [2.75, 3.05) is 5.73 Å². The summed E-state index contributed by atoms with van der Waals surface area (Å²) < 4.78 is 1.09. The van der Waals surface area contributed by atoms with Crippen molar-refractivity contribution in [1.82, 2.24) is 0 Å². The number of benzene rings is 1. The van der Waals surface area contributed by atoms with Crippen molar-refractivity contribution in [2.24, 2.45) is 0 Å². The van der Waals surface area contributed by atoms with Crippen LogP contribution in [-0.4, -0.2) is 0 Å². The van der Waals surface area contributed by atoms with E-state index >= 15 is 0 Å². The second kappa shape index (κ2) is 3.93. The molecular weight excluding hydrogens is 282 g/mol. The van der Waals surface area contributed by atoms with Crippen molar-refractivity contribution < 1.29 is 0 Å². The summed E-state index contributed by atoms with van der Waals surface area (Å²) in [4.78, 5) is 1.12. The molecule has 4 heteroatoms. The number of rotatable bonds is 1. The first kappa shape index (κ1) is 10.0. The zero-order chi connectivity index (χ0) is 10.1. The molecule has 0 amide bonds. The summed E-state index contributed by atoms with van der Waals surface area (Å²) in [5.74, 6) is 0. The first-order valence-corrected chi connectivity index (χ1v) is 5.96. The second-order valence-electron chi connectivity index (χ2n) is 2.84. The Kier molecular flexibility index (Phi) is 2.81. The van der Waals surface area contributed by atoms with Crippen LogP contribution in [0, 0.1) is 0 Å². The van der Waals surface area contributed by atoms with Gasteiger partial charge in [0.05, 0.1) is 3.79 Å². The van der Waals surface area contributed by atoms with Crippen molar-refractivity contribution in [2.45, 2.75) is 0 Å². The lowest BCUT2D eigenvalue weighted by atomic mass is 10.1. The third kappa shape index (κ3) is 1.95. The largest absolute Gasteiger partial charge is 0.398 e. The lowest BCUT2D eigenvalue weighted by Gasteiger charge is -2.02. The van der Waals surface area contributed by atoms with Crippen LogP contribution in [0.4, 0.5) is 5.69 Å². The summed E-state index contributed by atoms with van der Waals surface area (Å²) in [5, 5.41) is 0.707. The van der Waals surface area contributed by atoms with E-state index in [9.17, 15) is 0 Å². The van der Waals surface area contributed by atoms with Gasteiger partial charge in [0.2, 0.25) is 0 Å². The third-order valence-corrected chi connectivity index (χ3v) is 3.75. The zero-order valence-electron chi connectivity index (χ0n) is 7.13. The molecule has 0 unspecified atom stereocenters. The van der Waals surface area contributed by atoms with Gasteiger partial charge in [0.15, 0.2) is 0 Å². The summed E-state index contributed by atoms with van der Waals surface area (Å²) in [7, 11) is 0. The van der Waals surface area contributed by atoms with Crippen LogP contribution in [0.1, 0.15) is 0 Å². The lowest BCUT2D eigenvalue weighted by Crippen LogP contribution is -1.87. The van der Waals surface area contributed by atoms with Gasteiger partial charge in [0.25, 0.3) is 0 Å². The Morgan fingerprint density at radius 2 is 2.00 bits per heavy atom. The molecule has 0 saturated heterocycles. The summed E-state index contributed by atoms with van der Waals surface area (Å²) in [6, 6.07) is 9.53. The highest BCUT2D eigenvalue weighted by atomic mass is 79.9. The number of nitrogen functional groups attached to an aromatic ring is 1. The highest BCUT2D eigenvalue weighted by molar-refractivity contribution is 9.11. The van der Waals surface area contributed by atoms with Gasteiger partial charge in [-0.3, -0.25) is 0 Å². The molecule has 0 aliphatic carbocycles. The molecule has 0 atom stereocenters. The summed E-state index contributed by atoms with van der Waals surface area (Å²) in [5.41, 5.74) is 7.61. The lowest BCUT2D eigenvalue weighted by molar-refractivity contribution is 1.67. The fourth-order valence-corrected chi connectivity index (χ4v) is 2.80. The highest BCUT2D eigenvalue weighted by Crippen LogP contribution is 2.35. The fraction of sp³-hybridized carbons (Fsp3) is 0. The average Bonchev–Trinajstić information content (AvgIpc) is 2.56. The van der Waals surface area contributed by atoms with Crippen molar-refractivity contribution in [3.63, 3.8) is 0 Å². The zero-order valence-corrected chi connectivity index (χ0v) is 10.3. The van der Waals surface area contributed by atoms with E-state index in [0.29, 0.717) is 5.02 Å². The van der Waals surface area contributed by atoms with Crippen LogP contribution in [0.2, 0.25) is 5.02 Å². The Labute approximate surface area is 99.6 Å². The molecular formula is C10H7BrClNS. The Balaban J connectivity index is 2.55. The second-order valence-corrected chi connectivity index (χ2v) is 5.73. The third-order valence-electron chi connectivity index (χ3n) is 1.85. The molecule has 0 aliphatic rings. The Morgan fingerprint density at radius 1 is 1.21 bits per heavy atom. The van der Waals surface area contributed by atoms with E-state index in [0.717, 1.165) is 19.9 Å². The molecule has 2 rings (SSSR count). The normalized spacial score (nSPS) is 10.4. The smallest absolute Gasteiger partial charge is 0.0705 e. The maximum Gasteiger partial charge on any atom is 0.0705 e. The van der Waals surface area contributed by atoms with E-state index in [1.807, 2.05) is 24.3 Å². The van der Waals surface area contributed by atoms with E-state index in [1.165, 1.54) is 0 Å². The number of nitrogens with two attached hydrogens (primary N) is 1. The van der Waals surface area contributed by atoms with Gasteiger partial charge in [0.1, 0.15) is 0 Å². The molecule has 2 N–H and O–H groups in total. The molecule has 72 valence electrons. The van der Waals surface area contributed by atoms with Gasteiger partial charge in [-0.25, -0.2) is 0 Å². The topological polar surface area (TPSA) is 26.0 Å². The molecule has 0 fully saturated rings. The molecule has 1 aromatic carbocycles. The summed E-state index contributed by atoms with van der Waals surface area (Å²) in [6.45, 7) is 0. The van der Waals surface area contributed by atoms with Gasteiger partial charge in [-0.2, -0.15) is 0 Å². The highest BCUT2D eigenvalue weighted by Gasteiger charge is 2.05. The number of hydrogen-bond acceptors (Lipinski definition) is 2. The standard InChI is InChI=1S/C10H7BrClNS/c11-10-4-3-9(14-10)7-5-6(12)1-2-8(7)13/h1-5H,13H2. The minimum absolute atomic E-state index is 0.707. The first-order chi connectivity index (χ1) is 6.66. The van der Waals surface area contributed by atoms with Gasteiger partial charge >= 0.3 is 0 Å².